The second kappa shape index (κ2) is 10.2. The van der Waals surface area contributed by atoms with Gasteiger partial charge in [-0.15, -0.1) is 0 Å². The molecule has 0 aliphatic carbocycles. The first-order valence-corrected chi connectivity index (χ1v) is 9.48. The van der Waals surface area contributed by atoms with Crippen molar-refractivity contribution in [3.05, 3.63) is 69.3 Å². The highest BCUT2D eigenvalue weighted by atomic mass is 16.6. The van der Waals surface area contributed by atoms with E-state index < -0.39 is 40.6 Å². The molecule has 2 rings (SSSR count). The molecule has 0 bridgehead atoms. The molecule has 0 spiro atoms. The fourth-order valence-corrected chi connectivity index (χ4v) is 2.91. The lowest BCUT2D eigenvalue weighted by Gasteiger charge is -2.20. The van der Waals surface area contributed by atoms with E-state index in [2.05, 4.69) is 5.32 Å². The normalized spacial score (nSPS) is 11.4. The molecule has 4 N–H and O–H groups in total. The standard InChI is InChI=1S/C21H22N4O7/c1-11(2)18(19(27)24-21(22)29)32-20(28)14-7-5-4-6-13(14)17(26)12-8-9-15(23-3)16(10-12)25(30)31/h4-11,18,23H,1-3H3,(H3,22,24,27,29). The minimum absolute atomic E-state index is 0.0113. The van der Waals surface area contributed by atoms with E-state index in [1.54, 1.807) is 13.8 Å². The SMILES string of the molecule is CNc1ccc(C(=O)c2ccccc2C(=O)OC(C(=O)NC(N)=O)C(C)C)cc1[N+](=O)[O-]. The molecule has 1 unspecified atom stereocenters. The van der Waals surface area contributed by atoms with Gasteiger partial charge in [-0.25, -0.2) is 9.59 Å². The summed E-state index contributed by atoms with van der Waals surface area (Å²) < 4.78 is 5.26. The van der Waals surface area contributed by atoms with Crippen molar-refractivity contribution < 1.29 is 28.8 Å². The topological polar surface area (TPSA) is 171 Å². The average Bonchev–Trinajstić information content (AvgIpc) is 2.75. The number of carbonyl (C=O) groups is 4. The summed E-state index contributed by atoms with van der Waals surface area (Å²) in [5.74, 6) is -3.03. The van der Waals surface area contributed by atoms with Crippen molar-refractivity contribution in [3.63, 3.8) is 0 Å². The zero-order valence-corrected chi connectivity index (χ0v) is 17.6. The third-order valence-corrected chi connectivity index (χ3v) is 4.46. The van der Waals surface area contributed by atoms with Crippen LogP contribution in [0.3, 0.4) is 0 Å². The zero-order valence-electron chi connectivity index (χ0n) is 17.6. The van der Waals surface area contributed by atoms with E-state index in [1.807, 2.05) is 5.32 Å². The number of nitro groups is 1. The Kier molecular flexibility index (Phi) is 7.61. The van der Waals surface area contributed by atoms with Gasteiger partial charge < -0.3 is 15.8 Å². The summed E-state index contributed by atoms with van der Waals surface area (Å²) in [7, 11) is 1.51. The molecule has 11 nitrogen and oxygen atoms in total. The van der Waals surface area contributed by atoms with Gasteiger partial charge in [0.1, 0.15) is 5.69 Å². The van der Waals surface area contributed by atoms with Crippen molar-refractivity contribution in [2.75, 3.05) is 12.4 Å². The number of hydrogen-bond donors (Lipinski definition) is 3. The number of nitrogens with zero attached hydrogens (tertiary/aromatic N) is 1. The number of esters is 1. The number of nitrogens with one attached hydrogen (secondary N) is 2. The Morgan fingerprint density at radius 2 is 1.69 bits per heavy atom. The number of imide groups is 1. The van der Waals surface area contributed by atoms with Crippen molar-refractivity contribution in [3.8, 4) is 0 Å². The highest BCUT2D eigenvalue weighted by Gasteiger charge is 2.30. The number of carbonyl (C=O) groups excluding carboxylic acids is 4. The van der Waals surface area contributed by atoms with Crippen LogP contribution >= 0.6 is 0 Å². The lowest BCUT2D eigenvalue weighted by molar-refractivity contribution is -0.384. The number of ketones is 1. The lowest BCUT2D eigenvalue weighted by atomic mass is 9.97. The van der Waals surface area contributed by atoms with Crippen LogP contribution in [0.4, 0.5) is 16.2 Å². The van der Waals surface area contributed by atoms with Gasteiger partial charge in [0.2, 0.25) is 0 Å². The Morgan fingerprint density at radius 3 is 2.22 bits per heavy atom. The van der Waals surface area contributed by atoms with E-state index in [-0.39, 0.29) is 28.1 Å². The molecule has 0 saturated carbocycles. The highest BCUT2D eigenvalue weighted by Crippen LogP contribution is 2.27. The van der Waals surface area contributed by atoms with Gasteiger partial charge in [0.25, 0.3) is 11.6 Å². The minimum atomic E-state index is -1.34. The van der Waals surface area contributed by atoms with Crippen LogP contribution < -0.4 is 16.4 Å². The number of urea groups is 1. The van der Waals surface area contributed by atoms with Crippen LogP contribution in [0.5, 0.6) is 0 Å². The van der Waals surface area contributed by atoms with Crippen LogP contribution in [-0.4, -0.2) is 41.8 Å². The quantitative estimate of drug-likeness (QED) is 0.242. The number of benzene rings is 2. The van der Waals surface area contributed by atoms with Crippen molar-refractivity contribution in [1.29, 1.82) is 0 Å². The van der Waals surface area contributed by atoms with Gasteiger partial charge >= 0.3 is 12.0 Å². The molecule has 0 heterocycles. The van der Waals surface area contributed by atoms with Crippen LogP contribution in [0.2, 0.25) is 0 Å². The molecule has 2 aromatic rings. The van der Waals surface area contributed by atoms with Crippen LogP contribution in [0, 0.1) is 16.0 Å². The van der Waals surface area contributed by atoms with Gasteiger partial charge in [0, 0.05) is 24.2 Å². The fourth-order valence-electron chi connectivity index (χ4n) is 2.91. The maximum atomic E-state index is 13.1. The fraction of sp³-hybridized carbons (Fsp3) is 0.238. The molecule has 0 aromatic heterocycles. The molecule has 0 aliphatic heterocycles. The van der Waals surface area contributed by atoms with Gasteiger partial charge in [0.05, 0.1) is 10.5 Å². The van der Waals surface area contributed by atoms with Crippen LogP contribution in [-0.2, 0) is 9.53 Å². The summed E-state index contributed by atoms with van der Waals surface area (Å²) in [6.07, 6.45) is -1.34. The zero-order chi connectivity index (χ0) is 24.0. The number of rotatable bonds is 8. The number of ether oxygens (including phenoxy) is 1. The third-order valence-electron chi connectivity index (χ3n) is 4.46. The Morgan fingerprint density at radius 1 is 1.06 bits per heavy atom. The minimum Gasteiger partial charge on any atom is -0.448 e. The van der Waals surface area contributed by atoms with E-state index in [0.717, 1.165) is 6.07 Å². The lowest BCUT2D eigenvalue weighted by Crippen LogP contribution is -2.45. The number of hydrogen-bond acceptors (Lipinski definition) is 8. The van der Waals surface area contributed by atoms with Crippen molar-refractivity contribution in [2.24, 2.45) is 11.7 Å². The van der Waals surface area contributed by atoms with Gasteiger partial charge in [-0.2, -0.15) is 0 Å². The Labute approximate surface area is 183 Å². The first-order chi connectivity index (χ1) is 15.1. The average molecular weight is 442 g/mol. The molecule has 3 amide bonds. The summed E-state index contributed by atoms with van der Waals surface area (Å²) >= 11 is 0. The van der Waals surface area contributed by atoms with Gasteiger partial charge in [-0.05, 0) is 24.1 Å². The van der Waals surface area contributed by atoms with Gasteiger partial charge in [0.15, 0.2) is 11.9 Å². The van der Waals surface area contributed by atoms with Crippen LogP contribution in [0.1, 0.15) is 40.1 Å². The Hall–Kier alpha value is -4.28. The molecule has 2 aromatic carbocycles. The van der Waals surface area contributed by atoms with Crippen molar-refractivity contribution >= 4 is 35.1 Å². The smallest absolute Gasteiger partial charge is 0.339 e. The number of anilines is 1. The van der Waals surface area contributed by atoms with Crippen molar-refractivity contribution in [2.45, 2.75) is 20.0 Å². The molecule has 0 aliphatic rings. The van der Waals surface area contributed by atoms with E-state index in [9.17, 15) is 29.3 Å². The third kappa shape index (κ3) is 5.45. The van der Waals surface area contributed by atoms with Crippen LogP contribution in [0.25, 0.3) is 0 Å². The second-order valence-corrected chi connectivity index (χ2v) is 7.04. The Bertz CT molecular complexity index is 1080. The van der Waals surface area contributed by atoms with Crippen molar-refractivity contribution in [1.82, 2.24) is 5.32 Å². The predicted molar refractivity (Wildman–Crippen MR) is 114 cm³/mol. The number of nitrogens with two attached hydrogens (primary N) is 1. The van der Waals surface area contributed by atoms with Gasteiger partial charge in [-0.1, -0.05) is 32.0 Å². The van der Waals surface area contributed by atoms with E-state index in [1.165, 1.54) is 43.4 Å². The number of nitro benzene ring substituents is 1. The summed E-state index contributed by atoms with van der Waals surface area (Å²) in [5, 5.41) is 15.8. The Balaban J connectivity index is 2.40. The van der Waals surface area contributed by atoms with E-state index in [4.69, 9.17) is 10.5 Å². The summed E-state index contributed by atoms with van der Waals surface area (Å²) in [6.45, 7) is 3.19. The summed E-state index contributed by atoms with van der Waals surface area (Å²) in [5.41, 5.74) is 4.64. The first-order valence-electron chi connectivity index (χ1n) is 9.48. The first kappa shape index (κ1) is 24.0. The molecule has 168 valence electrons. The summed E-state index contributed by atoms with van der Waals surface area (Å²) in [4.78, 5) is 59.6. The molecule has 0 saturated heterocycles. The highest BCUT2D eigenvalue weighted by molar-refractivity contribution is 6.15. The molecule has 0 radical (unpaired) electrons. The predicted octanol–water partition coefficient (Wildman–Crippen LogP) is 2.24. The van der Waals surface area contributed by atoms with E-state index in [0.29, 0.717) is 0 Å². The molecular weight excluding hydrogens is 420 g/mol. The van der Waals surface area contributed by atoms with Crippen LogP contribution in [0.15, 0.2) is 42.5 Å². The molecular formula is C21H22N4O7. The van der Waals surface area contributed by atoms with E-state index >= 15 is 0 Å². The maximum Gasteiger partial charge on any atom is 0.339 e. The molecule has 32 heavy (non-hydrogen) atoms. The number of primary amides is 1. The molecule has 1 atom stereocenters. The van der Waals surface area contributed by atoms with Gasteiger partial charge in [-0.3, -0.25) is 25.0 Å². The summed E-state index contributed by atoms with van der Waals surface area (Å²) in [6, 6.07) is 8.48. The monoisotopic (exact) mass is 442 g/mol. The second-order valence-electron chi connectivity index (χ2n) is 7.04. The molecule has 11 heteroatoms. The maximum absolute atomic E-state index is 13.1. The number of amides is 3. The largest absolute Gasteiger partial charge is 0.448 e. The molecule has 0 fully saturated rings.